The van der Waals surface area contributed by atoms with E-state index in [2.05, 4.69) is 10.6 Å². The maximum atomic E-state index is 11.4. The van der Waals surface area contributed by atoms with Crippen molar-refractivity contribution >= 4 is 15.7 Å². The van der Waals surface area contributed by atoms with Gasteiger partial charge in [-0.2, -0.15) is 0 Å². The van der Waals surface area contributed by atoms with Crippen molar-refractivity contribution in [3.63, 3.8) is 0 Å². The van der Waals surface area contributed by atoms with Crippen LogP contribution in [0, 0.1) is 0 Å². The highest BCUT2D eigenvalue weighted by molar-refractivity contribution is 7.91. The van der Waals surface area contributed by atoms with Crippen molar-refractivity contribution in [3.8, 4) is 0 Å². The SMILES string of the molecule is CCCS(=O)(=O)CCNCC1CCC(=O)N1. The standard InChI is InChI=1S/C10H20N2O3S/c1-2-6-16(14,15)7-5-11-8-9-3-4-10(13)12-9/h9,11H,2-8H2,1H3,(H,12,13). The van der Waals surface area contributed by atoms with Crippen LogP contribution in [0.25, 0.3) is 0 Å². The molecule has 1 saturated heterocycles. The number of carbonyl (C=O) groups is 1. The number of carbonyl (C=O) groups excluding carboxylic acids is 1. The first-order valence-electron chi connectivity index (χ1n) is 5.74. The summed E-state index contributed by atoms with van der Waals surface area (Å²) >= 11 is 0. The van der Waals surface area contributed by atoms with E-state index in [1.54, 1.807) is 0 Å². The molecule has 2 N–H and O–H groups in total. The van der Waals surface area contributed by atoms with E-state index < -0.39 is 9.84 Å². The fourth-order valence-electron chi connectivity index (χ4n) is 1.75. The third-order valence-electron chi connectivity index (χ3n) is 2.58. The first-order valence-corrected chi connectivity index (χ1v) is 7.56. The van der Waals surface area contributed by atoms with Gasteiger partial charge in [-0.15, -0.1) is 0 Å². The summed E-state index contributed by atoms with van der Waals surface area (Å²) in [5.41, 5.74) is 0. The Morgan fingerprint density at radius 2 is 2.19 bits per heavy atom. The molecule has 1 atom stereocenters. The van der Waals surface area contributed by atoms with Crippen molar-refractivity contribution < 1.29 is 13.2 Å². The molecule has 0 saturated carbocycles. The number of hydrogen-bond acceptors (Lipinski definition) is 4. The van der Waals surface area contributed by atoms with E-state index in [0.29, 0.717) is 25.9 Å². The van der Waals surface area contributed by atoms with E-state index in [0.717, 1.165) is 6.42 Å². The van der Waals surface area contributed by atoms with Crippen LogP contribution in [0.3, 0.4) is 0 Å². The van der Waals surface area contributed by atoms with Crippen molar-refractivity contribution in [1.82, 2.24) is 10.6 Å². The summed E-state index contributed by atoms with van der Waals surface area (Å²) in [7, 11) is -2.89. The minimum absolute atomic E-state index is 0.0883. The average molecular weight is 248 g/mol. The Hall–Kier alpha value is -0.620. The minimum atomic E-state index is -2.89. The van der Waals surface area contributed by atoms with Crippen LogP contribution in [-0.4, -0.2) is 45.0 Å². The molecule has 0 aromatic heterocycles. The molecule has 0 spiro atoms. The molecule has 0 aliphatic carbocycles. The van der Waals surface area contributed by atoms with Gasteiger partial charge in [-0.25, -0.2) is 8.42 Å². The zero-order valence-electron chi connectivity index (χ0n) is 9.66. The maximum Gasteiger partial charge on any atom is 0.220 e. The summed E-state index contributed by atoms with van der Waals surface area (Å²) in [6, 6.07) is 0.168. The zero-order valence-corrected chi connectivity index (χ0v) is 10.5. The molecule has 1 aliphatic rings. The first-order chi connectivity index (χ1) is 7.53. The van der Waals surface area contributed by atoms with Crippen molar-refractivity contribution in [1.29, 1.82) is 0 Å². The van der Waals surface area contributed by atoms with Crippen LogP contribution >= 0.6 is 0 Å². The molecule has 94 valence electrons. The van der Waals surface area contributed by atoms with Crippen LogP contribution < -0.4 is 10.6 Å². The molecule has 1 aliphatic heterocycles. The molecule has 1 fully saturated rings. The molecular weight excluding hydrogens is 228 g/mol. The van der Waals surface area contributed by atoms with Gasteiger partial charge in [0.2, 0.25) is 5.91 Å². The van der Waals surface area contributed by atoms with Crippen LogP contribution in [-0.2, 0) is 14.6 Å². The second-order valence-electron chi connectivity index (χ2n) is 4.16. The van der Waals surface area contributed by atoms with Crippen LogP contribution in [0.15, 0.2) is 0 Å². The first kappa shape index (κ1) is 13.4. The quantitative estimate of drug-likeness (QED) is 0.606. The van der Waals surface area contributed by atoms with Gasteiger partial charge in [0, 0.05) is 31.3 Å². The summed E-state index contributed by atoms with van der Waals surface area (Å²) in [4.78, 5) is 10.9. The second-order valence-corrected chi connectivity index (χ2v) is 6.46. The lowest BCUT2D eigenvalue weighted by Gasteiger charge is -2.11. The van der Waals surface area contributed by atoms with E-state index >= 15 is 0 Å². The number of rotatable bonds is 7. The lowest BCUT2D eigenvalue weighted by Crippen LogP contribution is -2.37. The lowest BCUT2D eigenvalue weighted by atomic mass is 10.2. The molecule has 1 unspecified atom stereocenters. The number of hydrogen-bond donors (Lipinski definition) is 2. The Morgan fingerprint density at radius 3 is 2.75 bits per heavy atom. The molecule has 1 amide bonds. The molecule has 16 heavy (non-hydrogen) atoms. The molecule has 0 aromatic rings. The van der Waals surface area contributed by atoms with Crippen molar-refractivity contribution in [2.45, 2.75) is 32.2 Å². The van der Waals surface area contributed by atoms with E-state index in [1.807, 2.05) is 6.92 Å². The third kappa shape index (κ3) is 4.94. The van der Waals surface area contributed by atoms with Gasteiger partial charge in [-0.1, -0.05) is 6.92 Å². The van der Waals surface area contributed by atoms with Gasteiger partial charge in [-0.3, -0.25) is 4.79 Å². The Kier molecular flexibility index (Phi) is 5.21. The van der Waals surface area contributed by atoms with Crippen molar-refractivity contribution in [2.75, 3.05) is 24.6 Å². The summed E-state index contributed by atoms with van der Waals surface area (Å²) < 4.78 is 22.7. The van der Waals surface area contributed by atoms with E-state index in [9.17, 15) is 13.2 Å². The minimum Gasteiger partial charge on any atom is -0.352 e. The predicted molar refractivity (Wildman–Crippen MR) is 63.0 cm³/mol. The molecule has 1 rings (SSSR count). The highest BCUT2D eigenvalue weighted by Crippen LogP contribution is 2.04. The molecule has 1 heterocycles. The second kappa shape index (κ2) is 6.20. The van der Waals surface area contributed by atoms with Crippen molar-refractivity contribution in [3.05, 3.63) is 0 Å². The van der Waals surface area contributed by atoms with Crippen molar-refractivity contribution in [2.24, 2.45) is 0 Å². The molecule has 0 bridgehead atoms. The van der Waals surface area contributed by atoms with E-state index in [-0.39, 0.29) is 23.5 Å². The van der Waals surface area contributed by atoms with Crippen LogP contribution in [0.5, 0.6) is 0 Å². The van der Waals surface area contributed by atoms with Crippen LogP contribution in [0.2, 0.25) is 0 Å². The van der Waals surface area contributed by atoms with Gasteiger partial charge in [-0.05, 0) is 12.8 Å². The summed E-state index contributed by atoms with van der Waals surface area (Å²) in [5, 5.41) is 5.89. The zero-order chi connectivity index (χ0) is 12.0. The molecule has 6 heteroatoms. The van der Waals surface area contributed by atoms with Gasteiger partial charge >= 0.3 is 0 Å². The van der Waals surface area contributed by atoms with Gasteiger partial charge < -0.3 is 10.6 Å². The average Bonchev–Trinajstić information content (AvgIpc) is 2.59. The highest BCUT2D eigenvalue weighted by Gasteiger charge is 2.20. The van der Waals surface area contributed by atoms with Crippen LogP contribution in [0.4, 0.5) is 0 Å². The van der Waals surface area contributed by atoms with Gasteiger partial charge in [0.1, 0.15) is 0 Å². The summed E-state index contributed by atoms with van der Waals surface area (Å²) in [5.74, 6) is 0.529. The smallest absolute Gasteiger partial charge is 0.220 e. The van der Waals surface area contributed by atoms with Gasteiger partial charge in [0.05, 0.1) is 5.75 Å². The normalized spacial score (nSPS) is 21.1. The number of nitrogens with one attached hydrogen (secondary N) is 2. The third-order valence-corrected chi connectivity index (χ3v) is 4.44. The van der Waals surface area contributed by atoms with Gasteiger partial charge in [0.15, 0.2) is 9.84 Å². The molecule has 0 radical (unpaired) electrons. The lowest BCUT2D eigenvalue weighted by molar-refractivity contribution is -0.119. The fraction of sp³-hybridized carbons (Fsp3) is 0.900. The topological polar surface area (TPSA) is 75.3 Å². The Morgan fingerprint density at radius 1 is 1.44 bits per heavy atom. The maximum absolute atomic E-state index is 11.4. The van der Waals surface area contributed by atoms with Crippen LogP contribution in [0.1, 0.15) is 26.2 Å². The Labute approximate surface area is 96.9 Å². The largest absolute Gasteiger partial charge is 0.352 e. The van der Waals surface area contributed by atoms with E-state index in [1.165, 1.54) is 0 Å². The highest BCUT2D eigenvalue weighted by atomic mass is 32.2. The summed E-state index contributed by atoms with van der Waals surface area (Å²) in [6.45, 7) is 2.99. The monoisotopic (exact) mass is 248 g/mol. The number of amides is 1. The molecule has 0 aromatic carbocycles. The fourth-order valence-corrected chi connectivity index (χ4v) is 3.03. The van der Waals surface area contributed by atoms with E-state index in [4.69, 9.17) is 0 Å². The Bertz CT molecular complexity index is 327. The molecular formula is C10H20N2O3S. The summed E-state index contributed by atoms with van der Waals surface area (Å²) in [6.07, 6.45) is 2.09. The molecule has 5 nitrogen and oxygen atoms in total. The van der Waals surface area contributed by atoms with Gasteiger partial charge in [0.25, 0.3) is 0 Å². The Balaban J connectivity index is 2.10. The number of sulfone groups is 1. The predicted octanol–water partition coefficient (Wildman–Crippen LogP) is -0.321.